The van der Waals surface area contributed by atoms with Crippen LogP contribution in [0.15, 0.2) is 30.7 Å². The number of hydrogen-bond acceptors (Lipinski definition) is 5. The summed E-state index contributed by atoms with van der Waals surface area (Å²) >= 11 is 0. The third-order valence-electron chi connectivity index (χ3n) is 3.51. The molecule has 0 fully saturated rings. The molecule has 4 heterocycles. The van der Waals surface area contributed by atoms with E-state index in [2.05, 4.69) is 25.0 Å². The fraction of sp³-hybridized carbons (Fsp3) is 0.143. The van der Waals surface area contributed by atoms with Crippen molar-refractivity contribution >= 4 is 27.9 Å². The number of aryl methyl sites for hydroxylation is 1. The standard InChI is InChI=1S/C14H13N7/c1-2-21-14-10(12(15)17-7-18-14)11(20-21)9-6-8-4-3-5-16-13(8)19-9/h3-7H,2H2,1H3,(H,16,19)(H2,15,17,18). The summed E-state index contributed by atoms with van der Waals surface area (Å²) in [7, 11) is 0. The average molecular weight is 279 g/mol. The zero-order chi connectivity index (χ0) is 14.4. The van der Waals surface area contributed by atoms with Gasteiger partial charge in [-0.25, -0.2) is 19.6 Å². The Hall–Kier alpha value is -2.96. The minimum absolute atomic E-state index is 0.432. The summed E-state index contributed by atoms with van der Waals surface area (Å²) in [5, 5.41) is 6.41. The first-order chi connectivity index (χ1) is 10.3. The number of nitrogens with two attached hydrogens (primary N) is 1. The number of nitrogens with one attached hydrogen (secondary N) is 1. The normalized spacial score (nSPS) is 11.5. The van der Waals surface area contributed by atoms with Crippen molar-refractivity contribution in [2.45, 2.75) is 13.5 Å². The third kappa shape index (κ3) is 1.67. The van der Waals surface area contributed by atoms with Crippen LogP contribution < -0.4 is 5.73 Å². The summed E-state index contributed by atoms with van der Waals surface area (Å²) in [6, 6.07) is 5.91. The molecule has 7 heteroatoms. The van der Waals surface area contributed by atoms with Crippen LogP contribution in [0.5, 0.6) is 0 Å². The molecule has 104 valence electrons. The molecule has 4 aromatic heterocycles. The molecule has 0 saturated heterocycles. The van der Waals surface area contributed by atoms with Crippen molar-refractivity contribution in [2.24, 2.45) is 0 Å². The highest BCUT2D eigenvalue weighted by Gasteiger charge is 2.17. The van der Waals surface area contributed by atoms with Crippen molar-refractivity contribution < 1.29 is 0 Å². The number of fused-ring (bicyclic) bond motifs is 2. The monoisotopic (exact) mass is 279 g/mol. The van der Waals surface area contributed by atoms with Crippen LogP contribution in [-0.4, -0.2) is 29.7 Å². The summed E-state index contributed by atoms with van der Waals surface area (Å²) in [5.74, 6) is 0.432. The minimum atomic E-state index is 0.432. The summed E-state index contributed by atoms with van der Waals surface area (Å²) < 4.78 is 1.82. The molecular weight excluding hydrogens is 266 g/mol. The van der Waals surface area contributed by atoms with Gasteiger partial charge < -0.3 is 10.7 Å². The predicted molar refractivity (Wildman–Crippen MR) is 80.5 cm³/mol. The van der Waals surface area contributed by atoms with E-state index in [4.69, 9.17) is 5.73 Å². The van der Waals surface area contributed by atoms with Crippen LogP contribution in [0.4, 0.5) is 5.82 Å². The first kappa shape index (κ1) is 11.8. The molecule has 0 aliphatic carbocycles. The van der Waals surface area contributed by atoms with Gasteiger partial charge in [-0.05, 0) is 25.1 Å². The molecule has 0 aliphatic heterocycles. The Kier molecular flexibility index (Phi) is 2.41. The Morgan fingerprint density at radius 2 is 2.19 bits per heavy atom. The van der Waals surface area contributed by atoms with Gasteiger partial charge in [-0.3, -0.25) is 0 Å². The van der Waals surface area contributed by atoms with Gasteiger partial charge in [0.2, 0.25) is 0 Å². The van der Waals surface area contributed by atoms with Crippen molar-refractivity contribution in [3.8, 4) is 11.4 Å². The molecule has 21 heavy (non-hydrogen) atoms. The van der Waals surface area contributed by atoms with Gasteiger partial charge in [0.15, 0.2) is 5.65 Å². The van der Waals surface area contributed by atoms with Crippen LogP contribution in [-0.2, 0) is 6.54 Å². The maximum Gasteiger partial charge on any atom is 0.164 e. The first-order valence-corrected chi connectivity index (χ1v) is 6.69. The smallest absolute Gasteiger partial charge is 0.164 e. The third-order valence-corrected chi connectivity index (χ3v) is 3.51. The van der Waals surface area contributed by atoms with Crippen molar-refractivity contribution in [1.82, 2.24) is 29.7 Å². The summed E-state index contributed by atoms with van der Waals surface area (Å²) in [6.07, 6.45) is 3.21. The lowest BCUT2D eigenvalue weighted by atomic mass is 10.2. The van der Waals surface area contributed by atoms with Crippen LogP contribution in [0.25, 0.3) is 33.5 Å². The average Bonchev–Trinajstić information content (AvgIpc) is 3.08. The molecule has 4 aromatic rings. The van der Waals surface area contributed by atoms with Gasteiger partial charge in [0, 0.05) is 18.1 Å². The van der Waals surface area contributed by atoms with E-state index < -0.39 is 0 Å². The van der Waals surface area contributed by atoms with Gasteiger partial charge in [-0.15, -0.1) is 0 Å². The number of rotatable bonds is 2. The van der Waals surface area contributed by atoms with Crippen LogP contribution in [0.1, 0.15) is 6.92 Å². The number of aromatic amines is 1. The molecule has 4 rings (SSSR count). The topological polar surface area (TPSA) is 98.3 Å². The van der Waals surface area contributed by atoms with Crippen molar-refractivity contribution in [3.05, 3.63) is 30.7 Å². The van der Waals surface area contributed by atoms with Gasteiger partial charge in [-0.1, -0.05) is 0 Å². The van der Waals surface area contributed by atoms with Gasteiger partial charge >= 0.3 is 0 Å². The fourth-order valence-corrected chi connectivity index (χ4v) is 2.52. The molecule has 0 atom stereocenters. The van der Waals surface area contributed by atoms with Gasteiger partial charge in [0.1, 0.15) is 23.5 Å². The summed E-state index contributed by atoms with van der Waals surface area (Å²) in [6.45, 7) is 2.73. The highest BCUT2D eigenvalue weighted by molar-refractivity contribution is 5.99. The lowest BCUT2D eigenvalue weighted by molar-refractivity contribution is 0.678. The SMILES string of the molecule is CCn1nc(-c2cc3cccnc3[nH]2)c2c(N)ncnc21. The molecule has 0 unspecified atom stereocenters. The summed E-state index contributed by atoms with van der Waals surface area (Å²) in [5.41, 5.74) is 9.20. The lowest BCUT2D eigenvalue weighted by Crippen LogP contribution is -1.98. The predicted octanol–water partition coefficient (Wildman–Crippen LogP) is 1.97. The van der Waals surface area contributed by atoms with E-state index in [-0.39, 0.29) is 0 Å². The molecule has 0 bridgehead atoms. The molecule has 0 spiro atoms. The Morgan fingerprint density at radius 1 is 1.29 bits per heavy atom. The van der Waals surface area contributed by atoms with E-state index in [1.54, 1.807) is 6.20 Å². The Labute approximate surface area is 119 Å². The quantitative estimate of drug-likeness (QED) is 0.584. The lowest BCUT2D eigenvalue weighted by Gasteiger charge is -1.97. The number of H-pyrrole nitrogens is 1. The summed E-state index contributed by atoms with van der Waals surface area (Å²) in [4.78, 5) is 15.9. The Bertz CT molecular complexity index is 917. The maximum atomic E-state index is 6.02. The zero-order valence-corrected chi connectivity index (χ0v) is 11.4. The van der Waals surface area contributed by atoms with Gasteiger partial charge in [-0.2, -0.15) is 5.10 Å². The molecule has 7 nitrogen and oxygen atoms in total. The minimum Gasteiger partial charge on any atom is -0.383 e. The number of anilines is 1. The Morgan fingerprint density at radius 3 is 3.00 bits per heavy atom. The van der Waals surface area contributed by atoms with E-state index in [1.165, 1.54) is 6.33 Å². The van der Waals surface area contributed by atoms with Crippen LogP contribution in [0.3, 0.4) is 0 Å². The molecule has 0 saturated carbocycles. The molecule has 0 radical (unpaired) electrons. The fourth-order valence-electron chi connectivity index (χ4n) is 2.52. The van der Waals surface area contributed by atoms with Crippen LogP contribution in [0, 0.1) is 0 Å². The second-order valence-corrected chi connectivity index (χ2v) is 4.75. The van der Waals surface area contributed by atoms with Gasteiger partial charge in [0.05, 0.1) is 11.1 Å². The second kappa shape index (κ2) is 4.27. The van der Waals surface area contributed by atoms with Crippen LogP contribution >= 0.6 is 0 Å². The molecule has 0 aliphatic rings. The number of hydrogen-bond donors (Lipinski definition) is 2. The largest absolute Gasteiger partial charge is 0.383 e. The van der Waals surface area contributed by atoms with Crippen molar-refractivity contribution in [1.29, 1.82) is 0 Å². The maximum absolute atomic E-state index is 6.02. The highest BCUT2D eigenvalue weighted by atomic mass is 15.3. The van der Waals surface area contributed by atoms with Crippen molar-refractivity contribution in [2.75, 3.05) is 5.73 Å². The molecule has 3 N–H and O–H groups in total. The second-order valence-electron chi connectivity index (χ2n) is 4.75. The van der Waals surface area contributed by atoms with Crippen LogP contribution in [0.2, 0.25) is 0 Å². The number of nitrogens with zero attached hydrogens (tertiary/aromatic N) is 5. The van der Waals surface area contributed by atoms with E-state index in [0.29, 0.717) is 12.4 Å². The number of aromatic nitrogens is 6. The zero-order valence-electron chi connectivity index (χ0n) is 11.4. The van der Waals surface area contributed by atoms with E-state index >= 15 is 0 Å². The first-order valence-electron chi connectivity index (χ1n) is 6.69. The molecule has 0 amide bonds. The van der Waals surface area contributed by atoms with Crippen molar-refractivity contribution in [3.63, 3.8) is 0 Å². The van der Waals surface area contributed by atoms with E-state index in [1.807, 2.05) is 29.8 Å². The molecular formula is C14H13N7. The molecule has 0 aromatic carbocycles. The van der Waals surface area contributed by atoms with E-state index in [0.717, 1.165) is 33.5 Å². The van der Waals surface area contributed by atoms with Gasteiger partial charge in [0.25, 0.3) is 0 Å². The number of pyridine rings is 1. The highest BCUT2D eigenvalue weighted by Crippen LogP contribution is 2.30. The number of nitrogen functional groups attached to an aromatic ring is 1. The van der Waals surface area contributed by atoms with E-state index in [9.17, 15) is 0 Å². The Balaban J connectivity index is 2.05.